The number of aromatic nitrogens is 1. The Morgan fingerprint density at radius 1 is 1.11 bits per heavy atom. The van der Waals surface area contributed by atoms with E-state index in [1.54, 1.807) is 24.4 Å². The normalized spacial score (nSPS) is 25.0. The minimum absolute atomic E-state index is 0.0901. The van der Waals surface area contributed by atoms with Gasteiger partial charge in [-0.2, -0.15) is 0 Å². The summed E-state index contributed by atoms with van der Waals surface area (Å²) in [6, 6.07) is 12.9. The molecular formula is C21H22ClN3O2. The number of anilines is 1. The number of nitrogens with zero attached hydrogens (tertiary/aromatic N) is 2. The third kappa shape index (κ3) is 3.44. The summed E-state index contributed by atoms with van der Waals surface area (Å²) in [5.41, 5.74) is 0.914. The highest BCUT2D eigenvalue weighted by atomic mass is 35.5. The molecule has 1 saturated carbocycles. The monoisotopic (exact) mass is 383 g/mol. The van der Waals surface area contributed by atoms with E-state index in [1.165, 1.54) is 0 Å². The van der Waals surface area contributed by atoms with Gasteiger partial charge in [0.05, 0.1) is 16.1 Å². The van der Waals surface area contributed by atoms with Gasteiger partial charge < -0.3 is 10.2 Å². The average molecular weight is 384 g/mol. The van der Waals surface area contributed by atoms with Crippen LogP contribution in [0.25, 0.3) is 0 Å². The minimum Gasteiger partial charge on any atom is -0.348 e. The molecule has 1 aliphatic heterocycles. The number of amides is 2. The molecule has 0 radical (unpaired) electrons. The number of pyridine rings is 1. The molecule has 1 aromatic heterocycles. The number of para-hydroxylation sites is 1. The zero-order valence-corrected chi connectivity index (χ0v) is 15.8. The van der Waals surface area contributed by atoms with Crippen LogP contribution in [0.5, 0.6) is 0 Å². The molecule has 0 bridgehead atoms. The van der Waals surface area contributed by atoms with Crippen molar-refractivity contribution in [1.29, 1.82) is 0 Å². The van der Waals surface area contributed by atoms with Crippen molar-refractivity contribution >= 4 is 29.1 Å². The molecule has 2 aromatic rings. The van der Waals surface area contributed by atoms with Crippen molar-refractivity contribution in [3.63, 3.8) is 0 Å². The Morgan fingerprint density at radius 3 is 2.56 bits per heavy atom. The van der Waals surface area contributed by atoms with Crippen molar-refractivity contribution in [2.75, 3.05) is 11.4 Å². The molecule has 140 valence electrons. The van der Waals surface area contributed by atoms with Gasteiger partial charge in [0.25, 0.3) is 5.91 Å². The molecular weight excluding hydrogens is 362 g/mol. The molecule has 5 nitrogen and oxygen atoms in total. The number of rotatable bonds is 3. The van der Waals surface area contributed by atoms with E-state index in [-0.39, 0.29) is 23.3 Å². The van der Waals surface area contributed by atoms with E-state index in [1.807, 2.05) is 29.2 Å². The maximum absolute atomic E-state index is 13.2. The minimum atomic E-state index is -0.314. The van der Waals surface area contributed by atoms with Gasteiger partial charge in [-0.1, -0.05) is 29.8 Å². The SMILES string of the molecule is O=C(N[C@H]1CC[C@@]2(CCN(c3ccccc3Cl)C2=O)CC1)c1ccccn1. The number of benzene rings is 1. The first-order valence-corrected chi connectivity index (χ1v) is 9.75. The van der Waals surface area contributed by atoms with E-state index in [4.69, 9.17) is 11.6 Å². The maximum atomic E-state index is 13.2. The molecule has 1 spiro atoms. The van der Waals surface area contributed by atoms with E-state index in [0.29, 0.717) is 17.3 Å². The van der Waals surface area contributed by atoms with Crippen molar-refractivity contribution in [2.45, 2.75) is 38.1 Å². The van der Waals surface area contributed by atoms with Crippen LogP contribution in [-0.2, 0) is 4.79 Å². The van der Waals surface area contributed by atoms with Gasteiger partial charge in [-0.3, -0.25) is 14.6 Å². The first-order chi connectivity index (χ1) is 13.1. The Hall–Kier alpha value is -2.40. The highest BCUT2D eigenvalue weighted by Gasteiger charge is 2.49. The second-order valence-electron chi connectivity index (χ2n) is 7.40. The second-order valence-corrected chi connectivity index (χ2v) is 7.81. The number of carbonyl (C=O) groups is 2. The van der Waals surface area contributed by atoms with Crippen LogP contribution in [0.1, 0.15) is 42.6 Å². The van der Waals surface area contributed by atoms with Gasteiger partial charge in [0.15, 0.2) is 0 Å². The van der Waals surface area contributed by atoms with Crippen LogP contribution >= 0.6 is 11.6 Å². The smallest absolute Gasteiger partial charge is 0.270 e. The van der Waals surface area contributed by atoms with Gasteiger partial charge in [-0.15, -0.1) is 0 Å². The molecule has 1 N–H and O–H groups in total. The quantitative estimate of drug-likeness (QED) is 0.876. The molecule has 2 amide bonds. The average Bonchev–Trinajstić information content (AvgIpc) is 3.01. The summed E-state index contributed by atoms with van der Waals surface area (Å²) in [6.45, 7) is 0.702. The van der Waals surface area contributed by atoms with Crippen molar-refractivity contribution in [3.05, 3.63) is 59.4 Å². The van der Waals surface area contributed by atoms with Crippen LogP contribution in [-0.4, -0.2) is 29.4 Å². The van der Waals surface area contributed by atoms with Crippen LogP contribution in [0.15, 0.2) is 48.7 Å². The highest BCUT2D eigenvalue weighted by molar-refractivity contribution is 6.34. The van der Waals surface area contributed by atoms with Crippen molar-refractivity contribution in [1.82, 2.24) is 10.3 Å². The Bertz CT molecular complexity index is 848. The summed E-state index contributed by atoms with van der Waals surface area (Å²) in [4.78, 5) is 31.4. The topological polar surface area (TPSA) is 62.3 Å². The molecule has 4 rings (SSSR count). The van der Waals surface area contributed by atoms with E-state index in [2.05, 4.69) is 10.3 Å². The van der Waals surface area contributed by atoms with Crippen LogP contribution in [0.4, 0.5) is 5.69 Å². The van der Waals surface area contributed by atoms with Crippen molar-refractivity contribution in [2.24, 2.45) is 5.41 Å². The van der Waals surface area contributed by atoms with Gasteiger partial charge in [0, 0.05) is 18.8 Å². The van der Waals surface area contributed by atoms with Crippen LogP contribution in [0.3, 0.4) is 0 Å². The first-order valence-electron chi connectivity index (χ1n) is 9.37. The Labute approximate surface area is 163 Å². The molecule has 1 aliphatic carbocycles. The maximum Gasteiger partial charge on any atom is 0.270 e. The third-order valence-electron chi connectivity index (χ3n) is 5.83. The summed E-state index contributed by atoms with van der Waals surface area (Å²) in [6.07, 6.45) is 5.66. The van der Waals surface area contributed by atoms with E-state index in [9.17, 15) is 9.59 Å². The third-order valence-corrected chi connectivity index (χ3v) is 6.15. The molecule has 2 aliphatic rings. The van der Waals surface area contributed by atoms with Crippen molar-refractivity contribution < 1.29 is 9.59 Å². The number of hydrogen-bond donors (Lipinski definition) is 1. The molecule has 2 heterocycles. The summed E-state index contributed by atoms with van der Waals surface area (Å²) in [5, 5.41) is 3.67. The fraction of sp³-hybridized carbons (Fsp3) is 0.381. The number of carbonyl (C=O) groups excluding carboxylic acids is 2. The fourth-order valence-electron chi connectivity index (χ4n) is 4.26. The number of hydrogen-bond acceptors (Lipinski definition) is 3. The van der Waals surface area contributed by atoms with Gasteiger partial charge in [0.2, 0.25) is 5.91 Å². The molecule has 6 heteroatoms. The lowest BCUT2D eigenvalue weighted by Gasteiger charge is -2.36. The Balaban J connectivity index is 1.39. The second kappa shape index (κ2) is 7.31. The molecule has 0 atom stereocenters. The highest BCUT2D eigenvalue weighted by Crippen LogP contribution is 2.46. The van der Waals surface area contributed by atoms with E-state index in [0.717, 1.165) is 37.8 Å². The first kappa shape index (κ1) is 18.0. The largest absolute Gasteiger partial charge is 0.348 e. The number of nitrogens with one attached hydrogen (secondary N) is 1. The molecule has 27 heavy (non-hydrogen) atoms. The van der Waals surface area contributed by atoms with E-state index >= 15 is 0 Å². The zero-order valence-electron chi connectivity index (χ0n) is 15.0. The Kier molecular flexibility index (Phi) is 4.87. The standard InChI is InChI=1S/C21H22ClN3O2/c22-16-5-1-2-7-18(16)25-14-12-21(20(25)27)10-8-15(9-11-21)24-19(26)17-6-3-4-13-23-17/h1-7,13,15H,8-12,14H2,(H,24,26)/t15-,21-. The molecule has 2 fully saturated rings. The summed E-state index contributed by atoms with van der Waals surface area (Å²) >= 11 is 6.29. The Morgan fingerprint density at radius 2 is 1.85 bits per heavy atom. The van der Waals surface area contributed by atoms with Gasteiger partial charge >= 0.3 is 0 Å². The number of halogens is 1. The van der Waals surface area contributed by atoms with Gasteiger partial charge in [-0.25, -0.2) is 0 Å². The van der Waals surface area contributed by atoms with Crippen molar-refractivity contribution in [3.8, 4) is 0 Å². The molecule has 0 unspecified atom stereocenters. The fourth-order valence-corrected chi connectivity index (χ4v) is 4.49. The van der Waals surface area contributed by atoms with Gasteiger partial charge in [0.1, 0.15) is 5.69 Å². The zero-order chi connectivity index (χ0) is 18.9. The summed E-state index contributed by atoms with van der Waals surface area (Å²) < 4.78 is 0. The predicted octanol–water partition coefficient (Wildman–Crippen LogP) is 3.83. The summed E-state index contributed by atoms with van der Waals surface area (Å²) in [7, 11) is 0. The lowest BCUT2D eigenvalue weighted by Crippen LogP contribution is -2.44. The van der Waals surface area contributed by atoms with E-state index < -0.39 is 0 Å². The summed E-state index contributed by atoms with van der Waals surface area (Å²) in [5.74, 6) is 0.0251. The molecule has 1 saturated heterocycles. The van der Waals surface area contributed by atoms with Crippen LogP contribution < -0.4 is 10.2 Å². The van der Waals surface area contributed by atoms with Crippen LogP contribution in [0.2, 0.25) is 5.02 Å². The lowest BCUT2D eigenvalue weighted by atomic mass is 9.71. The van der Waals surface area contributed by atoms with Crippen LogP contribution in [0, 0.1) is 5.41 Å². The predicted molar refractivity (Wildman–Crippen MR) is 105 cm³/mol. The van der Waals surface area contributed by atoms with Gasteiger partial charge in [-0.05, 0) is 56.4 Å². The molecule has 1 aromatic carbocycles. The lowest BCUT2D eigenvalue weighted by molar-refractivity contribution is -0.127.